The van der Waals surface area contributed by atoms with E-state index in [0.717, 1.165) is 28.3 Å². The number of carboxylic acids is 1. The summed E-state index contributed by atoms with van der Waals surface area (Å²) in [5, 5.41) is 13.1. The van der Waals surface area contributed by atoms with E-state index in [1.54, 1.807) is 6.07 Å². The van der Waals surface area contributed by atoms with E-state index >= 15 is 0 Å². The summed E-state index contributed by atoms with van der Waals surface area (Å²) in [6.07, 6.45) is -0.0569. The van der Waals surface area contributed by atoms with E-state index in [4.69, 9.17) is 14.4 Å². The van der Waals surface area contributed by atoms with E-state index in [1.807, 2.05) is 63.2 Å². The summed E-state index contributed by atoms with van der Waals surface area (Å²) in [6, 6.07) is 19.5. The molecule has 1 aromatic heterocycles. The molecule has 0 saturated heterocycles. The van der Waals surface area contributed by atoms with Gasteiger partial charge in [-0.2, -0.15) is 0 Å². The summed E-state index contributed by atoms with van der Waals surface area (Å²) in [5.74, 6) is -0.983. The van der Waals surface area contributed by atoms with Crippen LogP contribution < -0.4 is 4.74 Å². The Morgan fingerprint density at radius 2 is 1.72 bits per heavy atom. The van der Waals surface area contributed by atoms with Gasteiger partial charge in [0.05, 0.1) is 17.2 Å². The van der Waals surface area contributed by atoms with Crippen LogP contribution in [0.25, 0.3) is 33.7 Å². The molecule has 0 atom stereocenters. The molecule has 4 rings (SSSR count). The Kier molecular flexibility index (Phi) is 5.77. The Bertz CT molecular complexity index is 1280. The zero-order valence-corrected chi connectivity index (χ0v) is 17.9. The fraction of sp³-hybridized carbons (Fsp3) is 0.154. The van der Waals surface area contributed by atoms with Crippen molar-refractivity contribution in [1.29, 1.82) is 0 Å². The minimum Gasteiger partial charge on any atom is -0.490 e. The van der Waals surface area contributed by atoms with Crippen LogP contribution in [0.2, 0.25) is 0 Å². The van der Waals surface area contributed by atoms with Crippen LogP contribution in [0.15, 0.2) is 71.3 Å². The van der Waals surface area contributed by atoms with Crippen LogP contribution in [0, 0.1) is 12.7 Å². The molecule has 0 saturated carbocycles. The lowest BCUT2D eigenvalue weighted by molar-refractivity contribution is 0.0692. The van der Waals surface area contributed by atoms with Gasteiger partial charge in [0.2, 0.25) is 0 Å². The van der Waals surface area contributed by atoms with Crippen LogP contribution in [0.3, 0.4) is 0 Å². The Balaban J connectivity index is 1.77. The summed E-state index contributed by atoms with van der Waals surface area (Å²) < 4.78 is 25.9. The molecule has 162 valence electrons. The molecular weight excluding hydrogens is 409 g/mol. The van der Waals surface area contributed by atoms with E-state index in [9.17, 15) is 9.18 Å². The van der Waals surface area contributed by atoms with E-state index in [-0.39, 0.29) is 6.10 Å². The zero-order chi connectivity index (χ0) is 22.8. The van der Waals surface area contributed by atoms with Crippen molar-refractivity contribution >= 4 is 5.97 Å². The van der Waals surface area contributed by atoms with Crippen LogP contribution in [0.5, 0.6) is 5.75 Å². The Morgan fingerprint density at radius 1 is 1.00 bits per heavy atom. The van der Waals surface area contributed by atoms with Crippen molar-refractivity contribution in [1.82, 2.24) is 5.16 Å². The molecule has 1 heterocycles. The second-order valence-corrected chi connectivity index (χ2v) is 7.72. The number of aromatic carboxylic acids is 1. The normalized spacial score (nSPS) is 11.0. The molecule has 0 unspecified atom stereocenters. The minimum atomic E-state index is -1.32. The molecule has 0 amide bonds. The third kappa shape index (κ3) is 4.12. The van der Waals surface area contributed by atoms with Crippen molar-refractivity contribution in [2.45, 2.75) is 26.9 Å². The summed E-state index contributed by atoms with van der Waals surface area (Å²) >= 11 is 0. The predicted molar refractivity (Wildman–Crippen MR) is 120 cm³/mol. The second-order valence-electron chi connectivity index (χ2n) is 7.72. The molecule has 6 heteroatoms. The van der Waals surface area contributed by atoms with Crippen LogP contribution in [-0.2, 0) is 0 Å². The lowest BCUT2D eigenvalue weighted by Gasteiger charge is -2.18. The largest absolute Gasteiger partial charge is 0.490 e. The van der Waals surface area contributed by atoms with Gasteiger partial charge >= 0.3 is 5.97 Å². The van der Waals surface area contributed by atoms with Crippen molar-refractivity contribution < 1.29 is 23.6 Å². The first-order valence-corrected chi connectivity index (χ1v) is 10.2. The van der Waals surface area contributed by atoms with Gasteiger partial charge in [-0.1, -0.05) is 47.6 Å². The monoisotopic (exact) mass is 431 g/mol. The SMILES string of the molecule is Cc1c(-c2ccccc2)ccc(-c2cc(-c3ccc(C(=O)O)c(F)c3)no2)c1OC(C)C. The number of aromatic nitrogens is 1. The summed E-state index contributed by atoms with van der Waals surface area (Å²) in [6.45, 7) is 5.91. The van der Waals surface area contributed by atoms with Gasteiger partial charge in [-0.05, 0) is 55.7 Å². The van der Waals surface area contributed by atoms with E-state index in [0.29, 0.717) is 22.8 Å². The van der Waals surface area contributed by atoms with Crippen LogP contribution >= 0.6 is 0 Å². The van der Waals surface area contributed by atoms with Crippen LogP contribution in [0.1, 0.15) is 29.8 Å². The van der Waals surface area contributed by atoms with Gasteiger partial charge in [0, 0.05) is 11.6 Å². The van der Waals surface area contributed by atoms with Gasteiger partial charge in [-0.25, -0.2) is 9.18 Å². The highest BCUT2D eigenvalue weighted by Gasteiger charge is 2.20. The molecule has 0 aliphatic carbocycles. The summed E-state index contributed by atoms with van der Waals surface area (Å²) in [5.41, 5.74) is 4.27. The molecule has 0 aliphatic heterocycles. The third-order valence-electron chi connectivity index (χ3n) is 5.12. The Morgan fingerprint density at radius 3 is 2.38 bits per heavy atom. The number of hydrogen-bond donors (Lipinski definition) is 1. The zero-order valence-electron chi connectivity index (χ0n) is 17.9. The Labute approximate surface area is 185 Å². The maximum absolute atomic E-state index is 14.1. The molecule has 0 radical (unpaired) electrons. The number of benzene rings is 3. The highest BCUT2D eigenvalue weighted by atomic mass is 19.1. The summed E-state index contributed by atoms with van der Waals surface area (Å²) in [7, 11) is 0. The van der Waals surface area contributed by atoms with Gasteiger partial charge in [-0.15, -0.1) is 0 Å². The van der Waals surface area contributed by atoms with E-state index < -0.39 is 17.3 Å². The highest BCUT2D eigenvalue weighted by molar-refractivity contribution is 5.88. The number of carboxylic acid groups (broad SMARTS) is 1. The van der Waals surface area contributed by atoms with E-state index in [1.165, 1.54) is 12.1 Å². The highest BCUT2D eigenvalue weighted by Crippen LogP contribution is 2.40. The number of nitrogens with zero attached hydrogens (tertiary/aromatic N) is 1. The van der Waals surface area contributed by atoms with Crippen LogP contribution in [0.4, 0.5) is 4.39 Å². The quantitative estimate of drug-likeness (QED) is 0.372. The van der Waals surface area contributed by atoms with Crippen molar-refractivity contribution in [2.24, 2.45) is 0 Å². The molecule has 0 bridgehead atoms. The number of rotatable bonds is 6. The van der Waals surface area contributed by atoms with Crippen molar-refractivity contribution in [3.63, 3.8) is 0 Å². The van der Waals surface area contributed by atoms with E-state index in [2.05, 4.69) is 5.16 Å². The first-order chi connectivity index (χ1) is 15.3. The van der Waals surface area contributed by atoms with Gasteiger partial charge in [0.15, 0.2) is 5.76 Å². The van der Waals surface area contributed by atoms with Crippen molar-refractivity contribution in [3.05, 3.63) is 83.7 Å². The molecular formula is C26H22FNO4. The molecule has 5 nitrogen and oxygen atoms in total. The number of ether oxygens (including phenoxy) is 1. The molecule has 0 aliphatic rings. The lowest BCUT2D eigenvalue weighted by Crippen LogP contribution is -2.08. The minimum absolute atomic E-state index is 0.0569. The van der Waals surface area contributed by atoms with Crippen molar-refractivity contribution in [3.8, 4) is 39.5 Å². The third-order valence-corrected chi connectivity index (χ3v) is 5.12. The average Bonchev–Trinajstić information content (AvgIpc) is 3.25. The maximum Gasteiger partial charge on any atom is 0.338 e. The molecule has 3 aromatic carbocycles. The fourth-order valence-electron chi connectivity index (χ4n) is 3.59. The number of halogens is 1. The topological polar surface area (TPSA) is 72.6 Å². The van der Waals surface area contributed by atoms with Gasteiger partial charge < -0.3 is 14.4 Å². The second kappa shape index (κ2) is 8.67. The molecule has 32 heavy (non-hydrogen) atoms. The predicted octanol–water partition coefficient (Wildman–Crippen LogP) is 6.61. The molecule has 1 N–H and O–H groups in total. The lowest BCUT2D eigenvalue weighted by atomic mass is 9.96. The Hall–Kier alpha value is -3.93. The molecule has 0 spiro atoms. The fourth-order valence-corrected chi connectivity index (χ4v) is 3.59. The average molecular weight is 431 g/mol. The smallest absolute Gasteiger partial charge is 0.338 e. The summed E-state index contributed by atoms with van der Waals surface area (Å²) in [4.78, 5) is 11.1. The van der Waals surface area contributed by atoms with Gasteiger partial charge in [0.25, 0.3) is 0 Å². The van der Waals surface area contributed by atoms with Crippen LogP contribution in [-0.4, -0.2) is 22.3 Å². The maximum atomic E-state index is 14.1. The van der Waals surface area contributed by atoms with Gasteiger partial charge in [0.1, 0.15) is 17.3 Å². The van der Waals surface area contributed by atoms with Crippen molar-refractivity contribution in [2.75, 3.05) is 0 Å². The molecule has 4 aromatic rings. The van der Waals surface area contributed by atoms with Gasteiger partial charge in [-0.3, -0.25) is 0 Å². The molecule has 0 fully saturated rings. The first-order valence-electron chi connectivity index (χ1n) is 10.2. The first kappa shape index (κ1) is 21.3. The number of hydrogen-bond acceptors (Lipinski definition) is 4. The number of carbonyl (C=O) groups is 1. The standard InChI is InChI=1S/C26H22FNO4/c1-15(2)31-25-16(3)19(17-7-5-4-6-8-17)11-12-21(25)24-14-23(28-32-24)18-9-10-20(26(29)30)22(27)13-18/h4-15H,1-3H3,(H,29,30).